The molecule has 0 aromatic heterocycles. The Kier molecular flexibility index (Phi) is 8.64. The maximum absolute atomic E-state index is 13.3. The Hall–Kier alpha value is -3.66. The van der Waals surface area contributed by atoms with Gasteiger partial charge in [0.15, 0.2) is 6.29 Å². The fraction of sp³-hybridized carbons (Fsp3) is 0.375. The quantitative estimate of drug-likeness (QED) is 0.449. The molecular formula is C24H28ClN5O5. The van der Waals surface area contributed by atoms with Gasteiger partial charge in [-0.25, -0.2) is 14.5 Å². The van der Waals surface area contributed by atoms with E-state index in [4.69, 9.17) is 16.3 Å². The smallest absolute Gasteiger partial charge is 0.331 e. The molecule has 1 saturated heterocycles. The maximum atomic E-state index is 13.3. The number of nitrogens with one attached hydrogen (secondary N) is 2. The van der Waals surface area contributed by atoms with E-state index < -0.39 is 24.3 Å². The van der Waals surface area contributed by atoms with Gasteiger partial charge in [0, 0.05) is 23.8 Å². The van der Waals surface area contributed by atoms with E-state index in [9.17, 15) is 19.3 Å². The molecule has 1 aliphatic rings. The number of carbonyl (C=O) groups excluding carboxylic acids is 3. The summed E-state index contributed by atoms with van der Waals surface area (Å²) in [5, 5.41) is 8.66. The summed E-state index contributed by atoms with van der Waals surface area (Å²) in [4.78, 5) is 50.1. The van der Waals surface area contributed by atoms with Crippen molar-refractivity contribution in [1.29, 1.82) is 0 Å². The standard InChI is InChI=1S/C24H28ClN5O5/c1-15(2)35-20-11-10-18(13-19(20)25)26-22-27-23(32)29(12-4-5-21(31)28-34)24(33)30(22)14-17-8-6-16(3)7-9-17/h6-11,13,15,22,26H,4-5,12,14H2,1-3H3,(H,27,32). The molecule has 0 radical (unpaired) electrons. The molecule has 10 nitrogen and oxygen atoms in total. The molecule has 1 aliphatic heterocycles. The van der Waals surface area contributed by atoms with Crippen LogP contribution in [-0.4, -0.2) is 46.7 Å². The normalized spacial score (nSPS) is 15.7. The molecule has 0 saturated carbocycles. The highest BCUT2D eigenvalue weighted by Gasteiger charge is 2.38. The van der Waals surface area contributed by atoms with Gasteiger partial charge in [0.05, 0.1) is 17.7 Å². The Morgan fingerprint density at radius 2 is 1.91 bits per heavy atom. The number of nitroso groups, excluding NO2 is 1. The predicted octanol–water partition coefficient (Wildman–Crippen LogP) is 4.85. The van der Waals surface area contributed by atoms with E-state index >= 15 is 0 Å². The molecule has 3 rings (SSSR count). The van der Waals surface area contributed by atoms with Gasteiger partial charge in [-0.1, -0.05) is 41.4 Å². The van der Waals surface area contributed by atoms with Crippen LogP contribution in [0.15, 0.2) is 47.6 Å². The van der Waals surface area contributed by atoms with Crippen molar-refractivity contribution in [2.45, 2.75) is 52.6 Å². The first-order valence-corrected chi connectivity index (χ1v) is 11.6. The second-order valence-electron chi connectivity index (χ2n) is 8.44. The average molecular weight is 502 g/mol. The molecule has 2 aromatic carbocycles. The number of aryl methyl sites for hydroxylation is 1. The summed E-state index contributed by atoms with van der Waals surface area (Å²) in [5.74, 6) is -0.300. The second kappa shape index (κ2) is 11.7. The fourth-order valence-electron chi connectivity index (χ4n) is 3.52. The van der Waals surface area contributed by atoms with Gasteiger partial charge in [0.25, 0.3) is 5.91 Å². The van der Waals surface area contributed by atoms with Crippen LogP contribution in [0.1, 0.15) is 37.8 Å². The van der Waals surface area contributed by atoms with Gasteiger partial charge in [-0.15, -0.1) is 4.91 Å². The highest BCUT2D eigenvalue weighted by Crippen LogP contribution is 2.29. The number of hydrogen-bond donors (Lipinski definition) is 2. The minimum atomic E-state index is -0.862. The number of carbonyl (C=O) groups is 3. The zero-order valence-electron chi connectivity index (χ0n) is 19.8. The third-order valence-electron chi connectivity index (χ3n) is 5.24. The number of urea groups is 2. The molecule has 1 fully saturated rings. The molecule has 11 heteroatoms. The van der Waals surface area contributed by atoms with Crippen molar-refractivity contribution in [3.63, 3.8) is 0 Å². The van der Waals surface area contributed by atoms with Crippen LogP contribution in [0.4, 0.5) is 15.3 Å². The summed E-state index contributed by atoms with van der Waals surface area (Å²) in [6.45, 7) is 5.94. The van der Waals surface area contributed by atoms with E-state index in [1.807, 2.05) is 45.0 Å². The first-order valence-electron chi connectivity index (χ1n) is 11.2. The van der Waals surface area contributed by atoms with Gasteiger partial charge < -0.3 is 10.1 Å². The van der Waals surface area contributed by atoms with Crippen molar-refractivity contribution in [3.8, 4) is 5.75 Å². The van der Waals surface area contributed by atoms with E-state index in [-0.39, 0.29) is 32.0 Å². The van der Waals surface area contributed by atoms with Crippen molar-refractivity contribution >= 4 is 35.3 Å². The molecule has 2 N–H and O–H groups in total. The van der Waals surface area contributed by atoms with Crippen LogP contribution in [0, 0.1) is 11.8 Å². The third kappa shape index (κ3) is 6.92. The van der Waals surface area contributed by atoms with Crippen LogP contribution in [0.3, 0.4) is 0 Å². The number of nitrogens with zero attached hydrogens (tertiary/aromatic N) is 3. The maximum Gasteiger partial charge on any atom is 0.331 e. The zero-order chi connectivity index (χ0) is 25.5. The molecule has 5 amide bonds. The molecule has 1 heterocycles. The van der Waals surface area contributed by atoms with Crippen molar-refractivity contribution in [1.82, 2.24) is 15.1 Å². The molecule has 186 valence electrons. The lowest BCUT2D eigenvalue weighted by atomic mass is 10.1. The highest BCUT2D eigenvalue weighted by molar-refractivity contribution is 6.32. The molecule has 2 aromatic rings. The Morgan fingerprint density at radius 1 is 1.20 bits per heavy atom. The summed E-state index contributed by atoms with van der Waals surface area (Å²) in [7, 11) is 0. The van der Waals surface area contributed by atoms with Crippen molar-refractivity contribution in [3.05, 3.63) is 63.5 Å². The number of anilines is 1. The van der Waals surface area contributed by atoms with Crippen LogP contribution < -0.4 is 15.4 Å². The molecular weight excluding hydrogens is 474 g/mol. The summed E-state index contributed by atoms with van der Waals surface area (Å²) in [6.07, 6.45) is -0.926. The predicted molar refractivity (Wildman–Crippen MR) is 132 cm³/mol. The summed E-state index contributed by atoms with van der Waals surface area (Å²) < 4.78 is 5.66. The van der Waals surface area contributed by atoms with Gasteiger partial charge in [-0.05, 0) is 51.0 Å². The van der Waals surface area contributed by atoms with Crippen LogP contribution in [0.5, 0.6) is 5.75 Å². The van der Waals surface area contributed by atoms with E-state index in [0.29, 0.717) is 16.5 Å². The van der Waals surface area contributed by atoms with E-state index in [0.717, 1.165) is 16.0 Å². The summed E-state index contributed by atoms with van der Waals surface area (Å²) >= 11 is 6.35. The van der Waals surface area contributed by atoms with Crippen molar-refractivity contribution in [2.24, 2.45) is 5.18 Å². The van der Waals surface area contributed by atoms with Gasteiger partial charge in [-0.3, -0.25) is 15.0 Å². The molecule has 0 bridgehead atoms. The molecule has 0 aliphatic carbocycles. The van der Waals surface area contributed by atoms with E-state index in [1.54, 1.807) is 18.2 Å². The zero-order valence-corrected chi connectivity index (χ0v) is 20.5. The van der Waals surface area contributed by atoms with Crippen LogP contribution in [0.2, 0.25) is 5.02 Å². The average Bonchev–Trinajstić information content (AvgIpc) is 2.81. The van der Waals surface area contributed by atoms with Gasteiger partial charge >= 0.3 is 12.1 Å². The number of imide groups is 1. The molecule has 0 spiro atoms. The van der Waals surface area contributed by atoms with Gasteiger partial charge in [-0.2, -0.15) is 0 Å². The second-order valence-corrected chi connectivity index (χ2v) is 8.85. The lowest BCUT2D eigenvalue weighted by Crippen LogP contribution is -2.67. The number of amides is 5. The van der Waals surface area contributed by atoms with Crippen LogP contribution in [-0.2, 0) is 11.3 Å². The monoisotopic (exact) mass is 501 g/mol. The van der Waals surface area contributed by atoms with Crippen LogP contribution in [0.25, 0.3) is 0 Å². The Labute approximate surface area is 208 Å². The molecule has 1 atom stereocenters. The lowest BCUT2D eigenvalue weighted by Gasteiger charge is -2.41. The Bertz CT molecular complexity index is 1090. The number of hydrogen-bond acceptors (Lipinski definition) is 6. The summed E-state index contributed by atoms with van der Waals surface area (Å²) in [5.41, 5.74) is 2.52. The van der Waals surface area contributed by atoms with E-state index in [1.165, 1.54) is 4.90 Å². The van der Waals surface area contributed by atoms with Crippen LogP contribution >= 0.6 is 11.6 Å². The number of rotatable bonds is 10. The number of halogens is 1. The first kappa shape index (κ1) is 26.0. The van der Waals surface area contributed by atoms with Crippen molar-refractivity contribution in [2.75, 3.05) is 11.9 Å². The summed E-state index contributed by atoms with van der Waals surface area (Å²) in [6, 6.07) is 11.6. The molecule has 1 unspecified atom stereocenters. The van der Waals surface area contributed by atoms with Gasteiger partial charge in [0.1, 0.15) is 5.75 Å². The minimum absolute atomic E-state index is 0.0316. The van der Waals surface area contributed by atoms with Crippen molar-refractivity contribution < 1.29 is 19.1 Å². The van der Waals surface area contributed by atoms with Gasteiger partial charge in [0.2, 0.25) is 0 Å². The Morgan fingerprint density at radius 3 is 2.54 bits per heavy atom. The number of ether oxygens (including phenoxy) is 1. The Balaban J connectivity index is 1.81. The third-order valence-corrected chi connectivity index (χ3v) is 5.53. The molecule has 35 heavy (non-hydrogen) atoms. The first-order chi connectivity index (χ1) is 16.7. The SMILES string of the molecule is Cc1ccc(CN2C(=O)N(CCCC(=O)N=O)C(=O)NC2Nc2ccc(OC(C)C)c(Cl)c2)cc1. The van der Waals surface area contributed by atoms with E-state index in [2.05, 4.69) is 15.8 Å². The largest absolute Gasteiger partial charge is 0.489 e. The minimum Gasteiger partial charge on any atom is -0.489 e. The lowest BCUT2D eigenvalue weighted by molar-refractivity contribution is -0.118. The highest BCUT2D eigenvalue weighted by atomic mass is 35.5. The fourth-order valence-corrected chi connectivity index (χ4v) is 3.74. The topological polar surface area (TPSA) is 120 Å². The number of benzene rings is 2.